The number of aromatic carboxylic acids is 1. The van der Waals surface area contributed by atoms with E-state index in [0.29, 0.717) is 16.6 Å². The summed E-state index contributed by atoms with van der Waals surface area (Å²) in [5, 5.41) is 9.47. The number of aromatic nitrogens is 2. The van der Waals surface area contributed by atoms with Crippen molar-refractivity contribution in [3.05, 3.63) is 47.0 Å². The van der Waals surface area contributed by atoms with E-state index in [1.54, 1.807) is 17.0 Å². The molecule has 4 nitrogen and oxygen atoms in total. The molecular formula is C13H13ClN2O2. The smallest absolute Gasteiger partial charge is 0.335 e. The van der Waals surface area contributed by atoms with Crippen molar-refractivity contribution in [2.24, 2.45) is 0 Å². The first-order valence-electron chi connectivity index (χ1n) is 5.56. The highest BCUT2D eigenvalue weighted by Gasteiger charge is 2.10. The zero-order valence-corrected chi connectivity index (χ0v) is 10.8. The summed E-state index contributed by atoms with van der Waals surface area (Å²) in [5.41, 5.74) is 1.76. The van der Waals surface area contributed by atoms with Gasteiger partial charge in [0.1, 0.15) is 0 Å². The minimum Gasteiger partial charge on any atom is -0.478 e. The summed E-state index contributed by atoms with van der Waals surface area (Å²) in [7, 11) is 0. The first-order valence-corrected chi connectivity index (χ1v) is 5.94. The van der Waals surface area contributed by atoms with Crippen LogP contribution in [0.15, 0.2) is 30.7 Å². The zero-order valence-electron chi connectivity index (χ0n) is 10.1. The average molecular weight is 265 g/mol. The fourth-order valence-corrected chi connectivity index (χ4v) is 1.83. The summed E-state index contributed by atoms with van der Waals surface area (Å²) in [6.07, 6.45) is 3.50. The highest BCUT2D eigenvalue weighted by atomic mass is 35.5. The molecule has 0 unspecified atom stereocenters. The van der Waals surface area contributed by atoms with Crippen LogP contribution in [0.3, 0.4) is 0 Å². The van der Waals surface area contributed by atoms with Crippen LogP contribution in [0.25, 0.3) is 5.69 Å². The van der Waals surface area contributed by atoms with E-state index >= 15 is 0 Å². The molecule has 0 amide bonds. The normalized spacial score (nSPS) is 10.9. The van der Waals surface area contributed by atoms with Crippen LogP contribution >= 0.6 is 11.6 Å². The van der Waals surface area contributed by atoms with Crippen LogP contribution in [-0.2, 0) is 0 Å². The summed E-state index contributed by atoms with van der Waals surface area (Å²) < 4.78 is 1.74. The number of benzene rings is 1. The predicted octanol–water partition coefficient (Wildman–Crippen LogP) is 3.35. The van der Waals surface area contributed by atoms with Crippen LogP contribution in [0.2, 0.25) is 5.02 Å². The summed E-state index contributed by atoms with van der Waals surface area (Å²) in [5.74, 6) is -0.662. The maximum atomic E-state index is 10.9. The highest BCUT2D eigenvalue weighted by molar-refractivity contribution is 6.32. The van der Waals surface area contributed by atoms with Crippen LogP contribution in [0.1, 0.15) is 35.8 Å². The average Bonchev–Trinajstić information content (AvgIpc) is 2.78. The molecule has 94 valence electrons. The first-order chi connectivity index (χ1) is 8.49. The first kappa shape index (κ1) is 12.6. The van der Waals surface area contributed by atoms with E-state index in [1.807, 2.05) is 20.0 Å². The summed E-state index contributed by atoms with van der Waals surface area (Å²) >= 11 is 6.08. The minimum absolute atomic E-state index is 0.203. The Morgan fingerprint density at radius 2 is 2.17 bits per heavy atom. The number of carboxylic acids is 1. The molecule has 1 N–H and O–H groups in total. The Bertz CT molecular complexity index is 590. The van der Waals surface area contributed by atoms with Crippen molar-refractivity contribution >= 4 is 17.6 Å². The van der Waals surface area contributed by atoms with Gasteiger partial charge in [0.25, 0.3) is 0 Å². The van der Waals surface area contributed by atoms with Gasteiger partial charge < -0.3 is 9.67 Å². The van der Waals surface area contributed by atoms with E-state index in [9.17, 15) is 4.79 Å². The van der Waals surface area contributed by atoms with Crippen molar-refractivity contribution in [3.8, 4) is 5.69 Å². The van der Waals surface area contributed by atoms with Crippen molar-refractivity contribution in [3.63, 3.8) is 0 Å². The second-order valence-electron chi connectivity index (χ2n) is 4.33. The van der Waals surface area contributed by atoms with E-state index in [-0.39, 0.29) is 5.56 Å². The van der Waals surface area contributed by atoms with Gasteiger partial charge >= 0.3 is 5.97 Å². The van der Waals surface area contributed by atoms with Crippen molar-refractivity contribution < 1.29 is 9.90 Å². The van der Waals surface area contributed by atoms with Crippen LogP contribution < -0.4 is 0 Å². The summed E-state index contributed by atoms with van der Waals surface area (Å²) in [6, 6.07) is 4.60. The molecule has 0 spiro atoms. The third-order valence-electron chi connectivity index (χ3n) is 2.67. The van der Waals surface area contributed by atoms with Gasteiger partial charge in [-0.15, -0.1) is 0 Å². The fraction of sp³-hybridized carbons (Fsp3) is 0.231. The molecule has 0 saturated carbocycles. The topological polar surface area (TPSA) is 55.1 Å². The Morgan fingerprint density at radius 1 is 1.44 bits per heavy atom. The number of nitrogens with zero attached hydrogens (tertiary/aromatic N) is 2. The Labute approximate surface area is 110 Å². The molecule has 0 saturated heterocycles. The predicted molar refractivity (Wildman–Crippen MR) is 69.6 cm³/mol. The third kappa shape index (κ3) is 2.38. The van der Waals surface area contributed by atoms with Gasteiger partial charge in [-0.25, -0.2) is 9.78 Å². The van der Waals surface area contributed by atoms with Crippen LogP contribution in [-0.4, -0.2) is 20.6 Å². The van der Waals surface area contributed by atoms with Gasteiger partial charge in [0.05, 0.1) is 28.3 Å². The molecule has 0 aliphatic rings. The van der Waals surface area contributed by atoms with Gasteiger partial charge in [0, 0.05) is 6.20 Å². The highest BCUT2D eigenvalue weighted by Crippen LogP contribution is 2.23. The number of halogens is 1. The molecule has 1 heterocycles. The largest absolute Gasteiger partial charge is 0.478 e. The van der Waals surface area contributed by atoms with Crippen molar-refractivity contribution in [2.45, 2.75) is 19.8 Å². The summed E-state index contributed by atoms with van der Waals surface area (Å²) in [4.78, 5) is 15.2. The maximum Gasteiger partial charge on any atom is 0.335 e. The lowest BCUT2D eigenvalue weighted by Gasteiger charge is -2.06. The minimum atomic E-state index is -0.975. The SMILES string of the molecule is CC(C)c1cn(-c2cc(C(=O)O)ccc2Cl)cn1. The van der Waals surface area contributed by atoms with E-state index < -0.39 is 5.97 Å². The zero-order chi connectivity index (χ0) is 13.3. The fourth-order valence-electron chi connectivity index (χ4n) is 1.61. The molecule has 18 heavy (non-hydrogen) atoms. The molecule has 2 rings (SSSR count). The molecule has 1 aromatic carbocycles. The van der Waals surface area contributed by atoms with E-state index in [1.165, 1.54) is 12.1 Å². The van der Waals surface area contributed by atoms with E-state index in [2.05, 4.69) is 4.98 Å². The van der Waals surface area contributed by atoms with Crippen LogP contribution in [0, 0.1) is 0 Å². The molecule has 0 atom stereocenters. The monoisotopic (exact) mass is 264 g/mol. The van der Waals surface area contributed by atoms with Gasteiger partial charge in [-0.1, -0.05) is 25.4 Å². The molecular weight excluding hydrogens is 252 g/mol. The van der Waals surface area contributed by atoms with Gasteiger partial charge in [-0.05, 0) is 24.1 Å². The lowest BCUT2D eigenvalue weighted by molar-refractivity contribution is 0.0697. The standard InChI is InChI=1S/C13H13ClN2O2/c1-8(2)11-6-16(7-15-11)12-5-9(13(17)18)3-4-10(12)14/h3-8H,1-2H3,(H,17,18). The lowest BCUT2D eigenvalue weighted by atomic mass is 10.1. The molecule has 2 aromatic rings. The molecule has 0 bridgehead atoms. The Morgan fingerprint density at radius 3 is 2.72 bits per heavy atom. The Balaban J connectivity index is 2.48. The molecule has 0 radical (unpaired) electrons. The van der Waals surface area contributed by atoms with Crippen molar-refractivity contribution in [1.29, 1.82) is 0 Å². The molecule has 5 heteroatoms. The van der Waals surface area contributed by atoms with Gasteiger partial charge in [-0.2, -0.15) is 0 Å². The van der Waals surface area contributed by atoms with Gasteiger partial charge in [0.2, 0.25) is 0 Å². The molecule has 0 fully saturated rings. The van der Waals surface area contributed by atoms with Crippen LogP contribution in [0.4, 0.5) is 0 Å². The number of hydrogen-bond acceptors (Lipinski definition) is 2. The Kier molecular flexibility index (Phi) is 3.39. The number of carboxylic acid groups (broad SMARTS) is 1. The summed E-state index contributed by atoms with van der Waals surface area (Å²) in [6.45, 7) is 4.09. The third-order valence-corrected chi connectivity index (χ3v) is 2.98. The van der Waals surface area contributed by atoms with Gasteiger partial charge in [-0.3, -0.25) is 0 Å². The lowest BCUT2D eigenvalue weighted by Crippen LogP contribution is -1.99. The van der Waals surface area contributed by atoms with E-state index in [4.69, 9.17) is 16.7 Å². The number of hydrogen-bond donors (Lipinski definition) is 1. The number of rotatable bonds is 3. The second-order valence-corrected chi connectivity index (χ2v) is 4.74. The number of carbonyl (C=O) groups is 1. The van der Waals surface area contributed by atoms with Crippen molar-refractivity contribution in [1.82, 2.24) is 9.55 Å². The maximum absolute atomic E-state index is 10.9. The van der Waals surface area contributed by atoms with Gasteiger partial charge in [0.15, 0.2) is 0 Å². The Hall–Kier alpha value is -1.81. The quantitative estimate of drug-likeness (QED) is 0.925. The number of imidazole rings is 1. The molecule has 0 aliphatic carbocycles. The van der Waals surface area contributed by atoms with E-state index in [0.717, 1.165) is 5.69 Å². The molecule has 1 aromatic heterocycles. The molecule has 0 aliphatic heterocycles. The second kappa shape index (κ2) is 4.82. The van der Waals surface area contributed by atoms with Crippen LogP contribution in [0.5, 0.6) is 0 Å². The van der Waals surface area contributed by atoms with Crippen molar-refractivity contribution in [2.75, 3.05) is 0 Å².